The molecular formula is C14H26N2O3. The van der Waals surface area contributed by atoms with Crippen LogP contribution in [0.5, 0.6) is 0 Å². The molecule has 5 nitrogen and oxygen atoms in total. The first-order valence-electron chi connectivity index (χ1n) is 7.12. The zero-order chi connectivity index (χ0) is 14.1. The van der Waals surface area contributed by atoms with Gasteiger partial charge in [0.1, 0.15) is 5.60 Å². The summed E-state index contributed by atoms with van der Waals surface area (Å²) in [5.74, 6) is 0.355. The minimum atomic E-state index is -0.435. The molecule has 2 aliphatic rings. The number of rotatable bonds is 1. The first kappa shape index (κ1) is 14.6. The molecule has 0 radical (unpaired) electrons. The van der Waals surface area contributed by atoms with Gasteiger partial charge in [-0.1, -0.05) is 0 Å². The molecule has 0 unspecified atom stereocenters. The van der Waals surface area contributed by atoms with Gasteiger partial charge in [-0.25, -0.2) is 4.79 Å². The molecule has 2 rings (SSSR count). The molecule has 5 heteroatoms. The Labute approximate surface area is 115 Å². The molecule has 0 aliphatic carbocycles. The Bertz CT molecular complexity index is 340. The van der Waals surface area contributed by atoms with E-state index in [-0.39, 0.29) is 11.5 Å². The Balaban J connectivity index is 2.00. The van der Waals surface area contributed by atoms with Gasteiger partial charge < -0.3 is 20.1 Å². The van der Waals surface area contributed by atoms with Crippen molar-refractivity contribution in [1.29, 1.82) is 0 Å². The molecule has 2 saturated heterocycles. The van der Waals surface area contributed by atoms with Gasteiger partial charge in [-0.3, -0.25) is 0 Å². The zero-order valence-corrected chi connectivity index (χ0v) is 12.3. The lowest BCUT2D eigenvalue weighted by atomic mass is 9.71. The van der Waals surface area contributed by atoms with E-state index < -0.39 is 5.60 Å². The van der Waals surface area contributed by atoms with Gasteiger partial charge in [0.15, 0.2) is 0 Å². The van der Waals surface area contributed by atoms with E-state index in [1.807, 2.05) is 25.7 Å². The van der Waals surface area contributed by atoms with E-state index in [0.29, 0.717) is 12.5 Å². The number of nitrogens with zero attached hydrogens (tertiary/aromatic N) is 1. The average molecular weight is 270 g/mol. The summed E-state index contributed by atoms with van der Waals surface area (Å²) < 4.78 is 11.0. The normalized spacial score (nSPS) is 31.8. The van der Waals surface area contributed by atoms with Gasteiger partial charge in [0.25, 0.3) is 0 Å². The first-order chi connectivity index (χ1) is 8.86. The Hall–Kier alpha value is -0.810. The average Bonchev–Trinajstić information content (AvgIpc) is 2.73. The molecule has 19 heavy (non-hydrogen) atoms. The van der Waals surface area contributed by atoms with Crippen LogP contribution < -0.4 is 5.73 Å². The van der Waals surface area contributed by atoms with E-state index in [0.717, 1.165) is 39.1 Å². The summed E-state index contributed by atoms with van der Waals surface area (Å²) in [5.41, 5.74) is 5.57. The predicted molar refractivity (Wildman–Crippen MR) is 72.8 cm³/mol. The Kier molecular flexibility index (Phi) is 4.06. The van der Waals surface area contributed by atoms with E-state index in [1.54, 1.807) is 0 Å². The van der Waals surface area contributed by atoms with Crippen LogP contribution in [0.1, 0.15) is 33.6 Å². The van der Waals surface area contributed by atoms with E-state index in [2.05, 4.69) is 0 Å². The van der Waals surface area contributed by atoms with E-state index in [4.69, 9.17) is 15.2 Å². The smallest absolute Gasteiger partial charge is 0.410 e. The topological polar surface area (TPSA) is 64.8 Å². The molecule has 0 aromatic carbocycles. The molecule has 110 valence electrons. The van der Waals surface area contributed by atoms with Crippen LogP contribution in [0.25, 0.3) is 0 Å². The van der Waals surface area contributed by atoms with Crippen LogP contribution in [0.3, 0.4) is 0 Å². The Morgan fingerprint density at radius 1 is 1.47 bits per heavy atom. The molecule has 2 heterocycles. The monoisotopic (exact) mass is 270 g/mol. The van der Waals surface area contributed by atoms with Crippen LogP contribution in [-0.2, 0) is 9.47 Å². The Morgan fingerprint density at radius 2 is 2.21 bits per heavy atom. The van der Waals surface area contributed by atoms with Gasteiger partial charge >= 0.3 is 6.09 Å². The third kappa shape index (κ3) is 3.20. The predicted octanol–water partition coefficient (Wildman–Crippen LogP) is 1.61. The number of ether oxygens (including phenoxy) is 2. The second-order valence-corrected chi connectivity index (χ2v) is 6.77. The van der Waals surface area contributed by atoms with Crippen molar-refractivity contribution < 1.29 is 14.3 Å². The summed E-state index contributed by atoms with van der Waals surface area (Å²) in [6, 6.07) is 0. The summed E-state index contributed by atoms with van der Waals surface area (Å²) in [4.78, 5) is 14.0. The number of amides is 1. The molecule has 0 bridgehead atoms. The van der Waals surface area contributed by atoms with Gasteiger partial charge in [-0.15, -0.1) is 0 Å². The van der Waals surface area contributed by atoms with E-state index in [9.17, 15) is 4.79 Å². The minimum absolute atomic E-state index is 0.143. The van der Waals surface area contributed by atoms with Gasteiger partial charge in [-0.2, -0.15) is 0 Å². The number of carbonyl (C=O) groups is 1. The lowest BCUT2D eigenvalue weighted by Crippen LogP contribution is -2.46. The van der Waals surface area contributed by atoms with Gasteiger partial charge in [0, 0.05) is 25.6 Å². The van der Waals surface area contributed by atoms with Crippen molar-refractivity contribution in [3.05, 3.63) is 0 Å². The SMILES string of the molecule is CC(C)(C)OC(=O)N1CC[C@]2(CCOC[C@@H]2CN)C1. The third-order valence-corrected chi connectivity index (χ3v) is 4.25. The molecule has 0 aromatic heterocycles. The highest BCUT2D eigenvalue weighted by Gasteiger charge is 2.47. The van der Waals surface area contributed by atoms with Crippen molar-refractivity contribution in [2.45, 2.75) is 39.2 Å². The molecule has 2 N–H and O–H groups in total. The van der Waals surface area contributed by atoms with Crippen molar-refractivity contribution in [2.24, 2.45) is 17.1 Å². The second kappa shape index (κ2) is 5.29. The van der Waals surface area contributed by atoms with Crippen LogP contribution >= 0.6 is 0 Å². The van der Waals surface area contributed by atoms with Crippen LogP contribution in [0.4, 0.5) is 4.79 Å². The van der Waals surface area contributed by atoms with E-state index >= 15 is 0 Å². The van der Waals surface area contributed by atoms with Gasteiger partial charge in [0.2, 0.25) is 0 Å². The highest BCUT2D eigenvalue weighted by atomic mass is 16.6. The molecule has 1 spiro atoms. The highest BCUT2D eigenvalue weighted by Crippen LogP contribution is 2.43. The van der Waals surface area contributed by atoms with Crippen molar-refractivity contribution in [3.63, 3.8) is 0 Å². The Morgan fingerprint density at radius 3 is 2.84 bits per heavy atom. The standard InChI is InChI=1S/C14H26N2O3/c1-13(2,3)19-12(17)16-6-4-14(10-16)5-7-18-9-11(14)8-15/h11H,4-10,15H2,1-3H3/t11-,14-/m0/s1. The fourth-order valence-corrected chi connectivity index (χ4v) is 3.12. The summed E-state index contributed by atoms with van der Waals surface area (Å²) in [7, 11) is 0. The van der Waals surface area contributed by atoms with Gasteiger partial charge in [0.05, 0.1) is 6.61 Å². The van der Waals surface area contributed by atoms with Crippen molar-refractivity contribution in [1.82, 2.24) is 4.90 Å². The first-order valence-corrected chi connectivity index (χ1v) is 7.12. The van der Waals surface area contributed by atoms with Gasteiger partial charge in [-0.05, 0) is 45.6 Å². The minimum Gasteiger partial charge on any atom is -0.444 e. The summed E-state index contributed by atoms with van der Waals surface area (Å²) in [5, 5.41) is 0. The second-order valence-electron chi connectivity index (χ2n) is 6.77. The number of carbonyl (C=O) groups excluding carboxylic acids is 1. The molecular weight excluding hydrogens is 244 g/mol. The maximum Gasteiger partial charge on any atom is 0.410 e. The van der Waals surface area contributed by atoms with E-state index in [1.165, 1.54) is 0 Å². The quantitative estimate of drug-likeness (QED) is 0.786. The molecule has 2 aliphatic heterocycles. The largest absolute Gasteiger partial charge is 0.444 e. The van der Waals surface area contributed by atoms with Crippen molar-refractivity contribution >= 4 is 6.09 Å². The third-order valence-electron chi connectivity index (χ3n) is 4.25. The zero-order valence-electron chi connectivity index (χ0n) is 12.3. The lowest BCUT2D eigenvalue weighted by molar-refractivity contribution is -0.0346. The summed E-state index contributed by atoms with van der Waals surface area (Å²) in [6.07, 6.45) is 1.80. The molecule has 0 aromatic rings. The summed E-state index contributed by atoms with van der Waals surface area (Å²) >= 11 is 0. The van der Waals surface area contributed by atoms with Crippen LogP contribution in [0.15, 0.2) is 0 Å². The molecule has 0 saturated carbocycles. The number of hydrogen-bond donors (Lipinski definition) is 1. The van der Waals surface area contributed by atoms with Crippen molar-refractivity contribution in [3.8, 4) is 0 Å². The van der Waals surface area contributed by atoms with Crippen LogP contribution in [0.2, 0.25) is 0 Å². The van der Waals surface area contributed by atoms with Crippen LogP contribution in [-0.4, -0.2) is 49.4 Å². The molecule has 2 fully saturated rings. The maximum atomic E-state index is 12.1. The highest BCUT2D eigenvalue weighted by molar-refractivity contribution is 5.68. The molecule has 1 amide bonds. The maximum absolute atomic E-state index is 12.1. The number of likely N-dealkylation sites (tertiary alicyclic amines) is 1. The number of nitrogens with two attached hydrogens (primary N) is 1. The summed E-state index contributed by atoms with van der Waals surface area (Å²) in [6.45, 7) is 9.34. The van der Waals surface area contributed by atoms with Crippen LogP contribution in [0, 0.1) is 11.3 Å². The fraction of sp³-hybridized carbons (Fsp3) is 0.929. The number of hydrogen-bond acceptors (Lipinski definition) is 4. The van der Waals surface area contributed by atoms with Crippen molar-refractivity contribution in [2.75, 3.05) is 32.8 Å². The molecule has 2 atom stereocenters. The fourth-order valence-electron chi connectivity index (χ4n) is 3.12. The lowest BCUT2D eigenvalue weighted by Gasteiger charge is -2.40.